The molecule has 1 saturated heterocycles. The molecule has 1 aromatic rings. The third kappa shape index (κ3) is 1.94. The first-order chi connectivity index (χ1) is 7.22. The van der Waals surface area contributed by atoms with Gasteiger partial charge < -0.3 is 10.6 Å². The summed E-state index contributed by atoms with van der Waals surface area (Å²) >= 11 is 0. The molecule has 2 rings (SSSR count). The summed E-state index contributed by atoms with van der Waals surface area (Å²) in [6.07, 6.45) is 3.82. The molecule has 2 heteroatoms. The van der Waals surface area contributed by atoms with Crippen molar-refractivity contribution < 1.29 is 0 Å². The predicted molar refractivity (Wildman–Crippen MR) is 66.3 cm³/mol. The normalized spacial score (nSPS) is 20.9. The van der Waals surface area contributed by atoms with Crippen LogP contribution in [0.5, 0.6) is 0 Å². The maximum Gasteiger partial charge on any atom is 0.0602 e. The van der Waals surface area contributed by atoms with Gasteiger partial charge in [-0.3, -0.25) is 0 Å². The number of anilines is 2. The summed E-state index contributed by atoms with van der Waals surface area (Å²) in [4.78, 5) is 2.47. The highest BCUT2D eigenvalue weighted by molar-refractivity contribution is 5.69. The summed E-state index contributed by atoms with van der Waals surface area (Å²) in [6.45, 7) is 5.50. The van der Waals surface area contributed by atoms with Crippen molar-refractivity contribution in [3.05, 3.63) is 23.8 Å². The Morgan fingerprint density at radius 3 is 2.93 bits per heavy atom. The topological polar surface area (TPSA) is 29.3 Å². The predicted octanol–water partition coefficient (Wildman–Crippen LogP) is 2.96. The maximum absolute atomic E-state index is 6.08. The highest BCUT2D eigenvalue weighted by Gasteiger charge is 2.24. The van der Waals surface area contributed by atoms with E-state index in [1.54, 1.807) is 0 Å². The summed E-state index contributed by atoms with van der Waals surface area (Å²) in [5.41, 5.74) is 9.47. The van der Waals surface area contributed by atoms with Crippen molar-refractivity contribution in [2.24, 2.45) is 0 Å². The van der Waals surface area contributed by atoms with Gasteiger partial charge in [0.2, 0.25) is 0 Å². The van der Waals surface area contributed by atoms with Gasteiger partial charge in [-0.05, 0) is 43.9 Å². The van der Waals surface area contributed by atoms with E-state index >= 15 is 0 Å². The van der Waals surface area contributed by atoms with Crippen molar-refractivity contribution in [2.75, 3.05) is 17.2 Å². The molecule has 1 heterocycles. The van der Waals surface area contributed by atoms with Gasteiger partial charge in [-0.25, -0.2) is 0 Å². The Labute approximate surface area is 92.1 Å². The lowest BCUT2D eigenvalue weighted by molar-refractivity contribution is 0.646. The van der Waals surface area contributed by atoms with Crippen LogP contribution in [0, 0.1) is 6.92 Å². The minimum Gasteiger partial charge on any atom is -0.397 e. The molecule has 0 aliphatic carbocycles. The second-order valence-electron chi connectivity index (χ2n) is 4.46. The minimum atomic E-state index is 0.690. The SMILES string of the molecule is CCC1CCCN1c1ccc(C)cc1N. The standard InChI is InChI=1S/C13H20N2/c1-3-11-5-4-8-15(11)13-7-6-10(2)9-12(13)14/h6-7,9,11H,3-5,8,14H2,1-2H3. The van der Waals surface area contributed by atoms with Gasteiger partial charge in [0.1, 0.15) is 0 Å². The van der Waals surface area contributed by atoms with Gasteiger partial charge in [0.15, 0.2) is 0 Å². The number of aryl methyl sites for hydroxylation is 1. The van der Waals surface area contributed by atoms with E-state index in [1.165, 1.54) is 30.5 Å². The molecule has 1 aliphatic heterocycles. The van der Waals surface area contributed by atoms with E-state index in [9.17, 15) is 0 Å². The van der Waals surface area contributed by atoms with Crippen LogP contribution < -0.4 is 10.6 Å². The number of rotatable bonds is 2. The number of benzene rings is 1. The van der Waals surface area contributed by atoms with Crippen LogP contribution in [0.25, 0.3) is 0 Å². The third-order valence-corrected chi connectivity index (χ3v) is 3.34. The maximum atomic E-state index is 6.08. The number of nitrogen functional groups attached to an aromatic ring is 1. The smallest absolute Gasteiger partial charge is 0.0602 e. The van der Waals surface area contributed by atoms with E-state index in [-0.39, 0.29) is 0 Å². The molecule has 2 N–H and O–H groups in total. The summed E-state index contributed by atoms with van der Waals surface area (Å²) in [6, 6.07) is 7.07. The molecule has 1 aromatic carbocycles. The van der Waals surface area contributed by atoms with Crippen LogP contribution in [0.3, 0.4) is 0 Å². The number of nitrogens with two attached hydrogens (primary N) is 1. The zero-order valence-electron chi connectivity index (χ0n) is 9.66. The van der Waals surface area contributed by atoms with Crippen LogP contribution in [0.1, 0.15) is 31.7 Å². The second kappa shape index (κ2) is 4.13. The molecule has 0 radical (unpaired) electrons. The van der Waals surface area contributed by atoms with Crippen molar-refractivity contribution in [1.29, 1.82) is 0 Å². The Bertz CT molecular complexity index is 346. The third-order valence-electron chi connectivity index (χ3n) is 3.34. The van der Waals surface area contributed by atoms with E-state index < -0.39 is 0 Å². The first-order valence-corrected chi connectivity index (χ1v) is 5.85. The second-order valence-corrected chi connectivity index (χ2v) is 4.46. The molecule has 1 unspecified atom stereocenters. The fourth-order valence-electron chi connectivity index (χ4n) is 2.51. The number of nitrogens with zero attached hydrogens (tertiary/aromatic N) is 1. The Morgan fingerprint density at radius 2 is 2.27 bits per heavy atom. The molecule has 2 nitrogen and oxygen atoms in total. The van der Waals surface area contributed by atoms with E-state index in [4.69, 9.17) is 5.73 Å². The van der Waals surface area contributed by atoms with Gasteiger partial charge in [0.05, 0.1) is 11.4 Å². The van der Waals surface area contributed by atoms with E-state index in [0.717, 1.165) is 12.2 Å². The minimum absolute atomic E-state index is 0.690. The van der Waals surface area contributed by atoms with Gasteiger partial charge in [0, 0.05) is 12.6 Å². The quantitative estimate of drug-likeness (QED) is 0.750. The van der Waals surface area contributed by atoms with Crippen LogP contribution in [0.4, 0.5) is 11.4 Å². The Hall–Kier alpha value is -1.18. The Balaban J connectivity index is 2.28. The molecular formula is C13H20N2. The molecule has 1 atom stereocenters. The lowest BCUT2D eigenvalue weighted by Crippen LogP contribution is -2.29. The molecule has 15 heavy (non-hydrogen) atoms. The van der Waals surface area contributed by atoms with Crippen molar-refractivity contribution in [1.82, 2.24) is 0 Å². The summed E-state index contributed by atoms with van der Waals surface area (Å²) in [5, 5.41) is 0. The van der Waals surface area contributed by atoms with Crippen LogP contribution in [-0.2, 0) is 0 Å². The first-order valence-electron chi connectivity index (χ1n) is 5.85. The largest absolute Gasteiger partial charge is 0.397 e. The highest BCUT2D eigenvalue weighted by atomic mass is 15.2. The average Bonchev–Trinajstić information content (AvgIpc) is 2.65. The average molecular weight is 204 g/mol. The van der Waals surface area contributed by atoms with E-state index in [2.05, 4.69) is 36.9 Å². The fraction of sp³-hybridized carbons (Fsp3) is 0.538. The zero-order valence-corrected chi connectivity index (χ0v) is 9.66. The van der Waals surface area contributed by atoms with Crippen molar-refractivity contribution >= 4 is 11.4 Å². The lowest BCUT2D eigenvalue weighted by atomic mass is 10.1. The van der Waals surface area contributed by atoms with Gasteiger partial charge >= 0.3 is 0 Å². The van der Waals surface area contributed by atoms with Crippen molar-refractivity contribution in [3.63, 3.8) is 0 Å². The van der Waals surface area contributed by atoms with Gasteiger partial charge in [0.25, 0.3) is 0 Å². The molecule has 1 fully saturated rings. The molecular weight excluding hydrogens is 184 g/mol. The van der Waals surface area contributed by atoms with Crippen LogP contribution in [0.2, 0.25) is 0 Å². The molecule has 0 amide bonds. The van der Waals surface area contributed by atoms with E-state index in [0.29, 0.717) is 6.04 Å². The lowest BCUT2D eigenvalue weighted by Gasteiger charge is -2.27. The molecule has 0 spiro atoms. The molecule has 82 valence electrons. The number of hydrogen-bond donors (Lipinski definition) is 1. The van der Waals surface area contributed by atoms with Gasteiger partial charge in [-0.15, -0.1) is 0 Å². The Kier molecular flexibility index (Phi) is 2.85. The Morgan fingerprint density at radius 1 is 1.47 bits per heavy atom. The number of hydrogen-bond acceptors (Lipinski definition) is 2. The summed E-state index contributed by atoms with van der Waals surface area (Å²) < 4.78 is 0. The van der Waals surface area contributed by atoms with Gasteiger partial charge in [-0.1, -0.05) is 13.0 Å². The molecule has 0 saturated carbocycles. The fourth-order valence-corrected chi connectivity index (χ4v) is 2.51. The van der Waals surface area contributed by atoms with Crippen LogP contribution >= 0.6 is 0 Å². The van der Waals surface area contributed by atoms with Crippen molar-refractivity contribution in [2.45, 2.75) is 39.2 Å². The summed E-state index contributed by atoms with van der Waals surface area (Å²) in [7, 11) is 0. The highest BCUT2D eigenvalue weighted by Crippen LogP contribution is 2.31. The van der Waals surface area contributed by atoms with Crippen LogP contribution in [-0.4, -0.2) is 12.6 Å². The molecule has 1 aliphatic rings. The van der Waals surface area contributed by atoms with E-state index in [1.807, 2.05) is 0 Å². The van der Waals surface area contributed by atoms with Crippen LogP contribution in [0.15, 0.2) is 18.2 Å². The van der Waals surface area contributed by atoms with Gasteiger partial charge in [-0.2, -0.15) is 0 Å². The molecule has 0 aromatic heterocycles. The first kappa shape index (κ1) is 10.3. The van der Waals surface area contributed by atoms with Crippen molar-refractivity contribution in [3.8, 4) is 0 Å². The molecule has 0 bridgehead atoms. The summed E-state index contributed by atoms with van der Waals surface area (Å²) in [5.74, 6) is 0. The monoisotopic (exact) mass is 204 g/mol. The zero-order chi connectivity index (χ0) is 10.8.